The zero-order chi connectivity index (χ0) is 19.6. The molecule has 28 heavy (non-hydrogen) atoms. The molecule has 0 fully saturated rings. The number of rotatable bonds is 9. The van der Waals surface area contributed by atoms with E-state index in [1.165, 1.54) is 9.78 Å². The number of thiophene rings is 1. The Morgan fingerprint density at radius 1 is 1.29 bits per heavy atom. The third-order valence-electron chi connectivity index (χ3n) is 4.29. The van der Waals surface area contributed by atoms with Crippen LogP contribution in [-0.2, 0) is 17.9 Å². The molecule has 0 atom stereocenters. The van der Waals surface area contributed by atoms with Crippen molar-refractivity contribution in [3.05, 3.63) is 39.9 Å². The van der Waals surface area contributed by atoms with E-state index in [4.69, 9.17) is 4.52 Å². The minimum atomic E-state index is -0.0529. The quantitative estimate of drug-likeness (QED) is 0.301. The number of aliphatic imine (C=N–C) groups is 1. The van der Waals surface area contributed by atoms with E-state index in [9.17, 15) is 4.79 Å². The van der Waals surface area contributed by atoms with Gasteiger partial charge in [0, 0.05) is 31.0 Å². The van der Waals surface area contributed by atoms with Gasteiger partial charge >= 0.3 is 0 Å². The Kier molecular flexibility index (Phi) is 11.1. The summed E-state index contributed by atoms with van der Waals surface area (Å²) in [5.41, 5.74) is 0.990. The average molecular weight is 519 g/mol. The molecule has 0 saturated heterocycles. The van der Waals surface area contributed by atoms with E-state index in [0.29, 0.717) is 25.0 Å². The summed E-state index contributed by atoms with van der Waals surface area (Å²) in [5, 5.41) is 12.7. The van der Waals surface area contributed by atoms with Crippen LogP contribution in [0.1, 0.15) is 48.9 Å². The molecule has 0 aliphatic carbocycles. The van der Waals surface area contributed by atoms with Gasteiger partial charge in [-0.15, -0.1) is 35.3 Å². The standard InChI is InChI=1S/C19H29N5O2S.HI/c1-5-14(6-2)17-10-15(26-23-17)11-20-19(22-13-18(25)24(3)4)21-12-16-8-7-9-27-16;/h7-10,14H,5-6,11-13H2,1-4H3,(H2,20,21,22);1H. The molecule has 0 aliphatic heterocycles. The van der Waals surface area contributed by atoms with E-state index in [0.717, 1.165) is 24.3 Å². The van der Waals surface area contributed by atoms with Crippen molar-refractivity contribution in [2.24, 2.45) is 4.99 Å². The lowest BCUT2D eigenvalue weighted by Gasteiger charge is -2.12. The Morgan fingerprint density at radius 3 is 2.61 bits per heavy atom. The predicted molar refractivity (Wildman–Crippen MR) is 124 cm³/mol. The fourth-order valence-corrected chi connectivity index (χ4v) is 3.17. The van der Waals surface area contributed by atoms with Crippen molar-refractivity contribution in [1.82, 2.24) is 20.7 Å². The van der Waals surface area contributed by atoms with E-state index in [1.54, 1.807) is 25.4 Å². The third kappa shape index (κ3) is 7.78. The maximum absolute atomic E-state index is 11.8. The van der Waals surface area contributed by atoms with E-state index in [1.807, 2.05) is 17.5 Å². The van der Waals surface area contributed by atoms with E-state index in [2.05, 4.69) is 40.7 Å². The van der Waals surface area contributed by atoms with Gasteiger partial charge in [-0.1, -0.05) is 25.1 Å². The van der Waals surface area contributed by atoms with Crippen LogP contribution in [-0.4, -0.2) is 42.6 Å². The Labute approximate surface area is 188 Å². The molecule has 9 heteroatoms. The van der Waals surface area contributed by atoms with Crippen LogP contribution < -0.4 is 10.6 Å². The molecule has 2 heterocycles. The summed E-state index contributed by atoms with van der Waals surface area (Å²) in [6.45, 7) is 5.50. The van der Waals surface area contributed by atoms with Gasteiger partial charge in [-0.25, -0.2) is 4.99 Å². The molecular weight excluding hydrogens is 489 g/mol. The number of carbonyl (C=O) groups excluding carboxylic acids is 1. The summed E-state index contributed by atoms with van der Waals surface area (Å²) in [6, 6.07) is 6.06. The van der Waals surface area contributed by atoms with Crippen LogP contribution in [0.3, 0.4) is 0 Å². The molecule has 1 amide bonds. The van der Waals surface area contributed by atoms with Crippen LogP contribution in [0.5, 0.6) is 0 Å². The Hall–Kier alpha value is -1.62. The van der Waals surface area contributed by atoms with Gasteiger partial charge in [0.05, 0.1) is 18.8 Å². The van der Waals surface area contributed by atoms with E-state index in [-0.39, 0.29) is 36.4 Å². The largest absolute Gasteiger partial charge is 0.359 e. The maximum atomic E-state index is 11.8. The third-order valence-corrected chi connectivity index (χ3v) is 5.17. The molecule has 2 N–H and O–H groups in total. The molecule has 0 spiro atoms. The number of hydrogen-bond acceptors (Lipinski definition) is 5. The maximum Gasteiger partial charge on any atom is 0.243 e. The number of nitrogens with zero attached hydrogens (tertiary/aromatic N) is 3. The van der Waals surface area contributed by atoms with Gasteiger partial charge in [-0.3, -0.25) is 4.79 Å². The fourth-order valence-electron chi connectivity index (χ4n) is 2.53. The molecule has 0 saturated carbocycles. The van der Waals surface area contributed by atoms with E-state index >= 15 is 0 Å². The minimum Gasteiger partial charge on any atom is -0.359 e. The first-order chi connectivity index (χ1) is 13.0. The van der Waals surface area contributed by atoms with E-state index < -0.39 is 0 Å². The van der Waals surface area contributed by atoms with Gasteiger partial charge in [-0.05, 0) is 24.3 Å². The first-order valence-electron chi connectivity index (χ1n) is 9.23. The number of halogens is 1. The van der Waals surface area contributed by atoms with Crippen LogP contribution in [0.4, 0.5) is 0 Å². The number of guanidine groups is 1. The SMILES string of the molecule is CCC(CC)c1cc(CNC(=NCC(=O)N(C)C)NCc2cccs2)on1.I. The summed E-state index contributed by atoms with van der Waals surface area (Å²) in [5.74, 6) is 1.69. The second-order valence-electron chi connectivity index (χ2n) is 6.47. The van der Waals surface area contributed by atoms with Gasteiger partial charge < -0.3 is 20.1 Å². The lowest BCUT2D eigenvalue weighted by atomic mass is 9.99. The van der Waals surface area contributed by atoms with Crippen molar-refractivity contribution in [1.29, 1.82) is 0 Å². The number of aromatic nitrogens is 1. The highest BCUT2D eigenvalue weighted by atomic mass is 127. The lowest BCUT2D eigenvalue weighted by Crippen LogP contribution is -2.37. The zero-order valence-corrected chi connectivity index (χ0v) is 20.0. The Bertz CT molecular complexity index is 727. The van der Waals surface area contributed by atoms with Crippen molar-refractivity contribution in [2.45, 2.75) is 45.7 Å². The van der Waals surface area contributed by atoms with Gasteiger partial charge in [0.15, 0.2) is 11.7 Å². The molecule has 2 rings (SSSR count). The van der Waals surface area contributed by atoms with Crippen LogP contribution >= 0.6 is 35.3 Å². The number of likely N-dealkylation sites (N-methyl/N-ethyl adjacent to an activating group) is 1. The molecule has 0 aromatic carbocycles. The van der Waals surface area contributed by atoms with Gasteiger partial charge in [0.25, 0.3) is 0 Å². The fraction of sp³-hybridized carbons (Fsp3) is 0.526. The highest BCUT2D eigenvalue weighted by Crippen LogP contribution is 2.22. The summed E-state index contributed by atoms with van der Waals surface area (Å²) < 4.78 is 5.45. The van der Waals surface area contributed by atoms with Crippen molar-refractivity contribution in [3.8, 4) is 0 Å². The van der Waals surface area contributed by atoms with Crippen molar-refractivity contribution < 1.29 is 9.32 Å². The average Bonchev–Trinajstić information content (AvgIpc) is 3.34. The summed E-state index contributed by atoms with van der Waals surface area (Å²) >= 11 is 1.67. The summed E-state index contributed by atoms with van der Waals surface area (Å²) in [4.78, 5) is 18.9. The second kappa shape index (κ2) is 12.8. The van der Waals surface area contributed by atoms with Gasteiger partial charge in [0.1, 0.15) is 6.54 Å². The number of hydrogen-bond donors (Lipinski definition) is 2. The molecule has 7 nitrogen and oxygen atoms in total. The van der Waals surface area contributed by atoms with Crippen LogP contribution in [0.15, 0.2) is 33.1 Å². The van der Waals surface area contributed by atoms with Gasteiger partial charge in [0.2, 0.25) is 5.91 Å². The van der Waals surface area contributed by atoms with Gasteiger partial charge in [-0.2, -0.15) is 0 Å². The molecule has 2 aromatic heterocycles. The molecule has 0 unspecified atom stereocenters. The predicted octanol–water partition coefficient (Wildman–Crippen LogP) is 3.58. The molecule has 0 radical (unpaired) electrons. The normalized spacial score (nSPS) is 11.2. The summed E-state index contributed by atoms with van der Waals surface area (Å²) in [7, 11) is 3.44. The minimum absolute atomic E-state index is 0. The molecule has 2 aromatic rings. The lowest BCUT2D eigenvalue weighted by molar-refractivity contribution is -0.127. The topological polar surface area (TPSA) is 82.8 Å². The van der Waals surface area contributed by atoms with Crippen LogP contribution in [0.25, 0.3) is 0 Å². The van der Waals surface area contributed by atoms with Crippen molar-refractivity contribution >= 4 is 47.2 Å². The molecular formula is C19H30IN5O2S. The number of nitrogens with one attached hydrogen (secondary N) is 2. The number of carbonyl (C=O) groups is 1. The first kappa shape index (κ1) is 24.4. The van der Waals surface area contributed by atoms with Crippen molar-refractivity contribution in [3.63, 3.8) is 0 Å². The Morgan fingerprint density at radius 2 is 2.00 bits per heavy atom. The first-order valence-corrected chi connectivity index (χ1v) is 10.1. The van der Waals surface area contributed by atoms with Crippen molar-refractivity contribution in [2.75, 3.05) is 20.6 Å². The monoisotopic (exact) mass is 519 g/mol. The molecule has 156 valence electrons. The summed E-state index contributed by atoms with van der Waals surface area (Å²) in [6.07, 6.45) is 2.08. The smallest absolute Gasteiger partial charge is 0.243 e. The van der Waals surface area contributed by atoms with Crippen LogP contribution in [0, 0.1) is 0 Å². The Balaban J connectivity index is 0.00000392. The molecule has 0 aliphatic rings. The molecule has 0 bridgehead atoms. The number of amides is 1. The second-order valence-corrected chi connectivity index (χ2v) is 7.50. The zero-order valence-electron chi connectivity index (χ0n) is 16.9. The highest BCUT2D eigenvalue weighted by molar-refractivity contribution is 14.0. The highest BCUT2D eigenvalue weighted by Gasteiger charge is 2.13. The van der Waals surface area contributed by atoms with Crippen LogP contribution in [0.2, 0.25) is 0 Å².